The Labute approximate surface area is 115 Å². The molecule has 0 aromatic carbocycles. The van der Waals surface area contributed by atoms with Crippen LogP contribution in [-0.2, 0) is 4.79 Å². The molecule has 0 heterocycles. The molecular weight excluding hydrogens is 300 g/mol. The lowest BCUT2D eigenvalue weighted by molar-refractivity contribution is -0.143. The summed E-state index contributed by atoms with van der Waals surface area (Å²) >= 11 is 3.16. The molecule has 1 saturated carbocycles. The zero-order valence-corrected chi connectivity index (χ0v) is 11.8. The Balaban J connectivity index is 2.15. The second-order valence-corrected chi connectivity index (χ2v) is 5.76. The first-order chi connectivity index (χ1) is 8.49. The van der Waals surface area contributed by atoms with Crippen molar-refractivity contribution in [2.45, 2.75) is 25.7 Å². The Kier molecular flexibility index (Phi) is 6.18. The Morgan fingerprint density at radius 1 is 1.22 bits per heavy atom. The van der Waals surface area contributed by atoms with Crippen LogP contribution in [0.3, 0.4) is 0 Å². The van der Waals surface area contributed by atoms with Crippen LogP contribution < -0.4 is 10.6 Å². The summed E-state index contributed by atoms with van der Waals surface area (Å²) in [6.45, 7) is 4.62. The molecule has 6 heteroatoms. The molecule has 0 unspecified atom stereocenters. The van der Waals surface area contributed by atoms with E-state index in [1.807, 2.05) is 0 Å². The van der Waals surface area contributed by atoms with Crippen LogP contribution in [0.2, 0.25) is 0 Å². The minimum atomic E-state index is -0.699. The number of hydrogen-bond donors (Lipinski definition) is 3. The van der Waals surface area contributed by atoms with Gasteiger partial charge in [0.15, 0.2) is 0 Å². The molecule has 1 rings (SSSR count). The maximum atomic E-state index is 11.4. The summed E-state index contributed by atoms with van der Waals surface area (Å²) in [5.41, 5.74) is 0. The van der Waals surface area contributed by atoms with E-state index in [4.69, 9.17) is 5.11 Å². The fourth-order valence-electron chi connectivity index (χ4n) is 2.09. The van der Waals surface area contributed by atoms with Gasteiger partial charge in [0.1, 0.15) is 0 Å². The van der Waals surface area contributed by atoms with Gasteiger partial charge in [-0.15, -0.1) is 0 Å². The molecule has 0 saturated heterocycles. The molecule has 0 bridgehead atoms. The van der Waals surface area contributed by atoms with Crippen LogP contribution in [0.25, 0.3) is 0 Å². The first kappa shape index (κ1) is 15.0. The predicted octanol–water partition coefficient (Wildman–Crippen LogP) is 2.09. The number of carboxylic acids is 1. The van der Waals surface area contributed by atoms with Gasteiger partial charge in [0.25, 0.3) is 0 Å². The van der Waals surface area contributed by atoms with Gasteiger partial charge < -0.3 is 15.7 Å². The minimum absolute atomic E-state index is 0.202. The molecule has 1 aliphatic rings. The van der Waals surface area contributed by atoms with Crippen LogP contribution in [0.15, 0.2) is 11.1 Å². The summed E-state index contributed by atoms with van der Waals surface area (Å²) < 4.78 is 0.722. The van der Waals surface area contributed by atoms with Crippen molar-refractivity contribution in [2.24, 2.45) is 11.8 Å². The van der Waals surface area contributed by atoms with E-state index in [1.54, 1.807) is 0 Å². The zero-order chi connectivity index (χ0) is 13.5. The summed E-state index contributed by atoms with van der Waals surface area (Å²) in [7, 11) is 0. The summed E-state index contributed by atoms with van der Waals surface area (Å²) in [4.78, 5) is 22.2. The summed E-state index contributed by atoms with van der Waals surface area (Å²) in [6.07, 6.45) is 3.15. The van der Waals surface area contributed by atoms with Crippen molar-refractivity contribution in [2.75, 3.05) is 13.1 Å². The van der Waals surface area contributed by atoms with Crippen molar-refractivity contribution in [1.82, 2.24) is 10.6 Å². The van der Waals surface area contributed by atoms with Gasteiger partial charge in [-0.2, -0.15) is 0 Å². The van der Waals surface area contributed by atoms with Gasteiger partial charge in [-0.3, -0.25) is 4.79 Å². The Morgan fingerprint density at radius 2 is 1.83 bits per heavy atom. The maximum Gasteiger partial charge on any atom is 0.315 e. The lowest BCUT2D eigenvalue weighted by Gasteiger charge is -2.26. The monoisotopic (exact) mass is 318 g/mol. The molecular formula is C12H19BrN2O3. The molecule has 102 valence electrons. The van der Waals surface area contributed by atoms with Crippen LogP contribution in [0.1, 0.15) is 25.7 Å². The first-order valence-corrected chi connectivity index (χ1v) is 6.86. The second-order valence-electron chi connectivity index (χ2n) is 4.64. The van der Waals surface area contributed by atoms with Gasteiger partial charge in [-0.1, -0.05) is 22.5 Å². The molecule has 1 aliphatic carbocycles. The van der Waals surface area contributed by atoms with Crippen LogP contribution >= 0.6 is 15.9 Å². The molecule has 0 radical (unpaired) electrons. The summed E-state index contributed by atoms with van der Waals surface area (Å²) in [5.74, 6) is -0.514. The van der Waals surface area contributed by atoms with Crippen LogP contribution in [0, 0.1) is 11.8 Å². The number of nitrogens with one attached hydrogen (secondary N) is 2. The van der Waals surface area contributed by atoms with Crippen molar-refractivity contribution in [3.05, 3.63) is 11.1 Å². The van der Waals surface area contributed by atoms with Gasteiger partial charge in [0.05, 0.1) is 12.5 Å². The smallest absolute Gasteiger partial charge is 0.315 e. The third-order valence-electron chi connectivity index (χ3n) is 3.19. The van der Waals surface area contributed by atoms with Crippen molar-refractivity contribution in [3.63, 3.8) is 0 Å². The molecule has 2 amide bonds. The fourth-order valence-corrected chi connectivity index (χ4v) is 2.23. The van der Waals surface area contributed by atoms with E-state index < -0.39 is 5.97 Å². The molecule has 18 heavy (non-hydrogen) atoms. The number of halogens is 1. The highest BCUT2D eigenvalue weighted by Gasteiger charge is 2.25. The van der Waals surface area contributed by atoms with Gasteiger partial charge in [-0.05, 0) is 31.6 Å². The Morgan fingerprint density at radius 3 is 2.33 bits per heavy atom. The third kappa shape index (κ3) is 5.53. The van der Waals surface area contributed by atoms with E-state index in [1.165, 1.54) is 0 Å². The largest absolute Gasteiger partial charge is 0.481 e. The number of carbonyl (C=O) groups is 2. The highest BCUT2D eigenvalue weighted by molar-refractivity contribution is 9.11. The van der Waals surface area contributed by atoms with Crippen molar-refractivity contribution in [3.8, 4) is 0 Å². The first-order valence-electron chi connectivity index (χ1n) is 6.06. The molecule has 0 atom stereocenters. The van der Waals surface area contributed by atoms with Crippen molar-refractivity contribution in [1.29, 1.82) is 0 Å². The SMILES string of the molecule is C=C(Br)CNC(=O)NCC1CCC(C(=O)O)CC1. The highest BCUT2D eigenvalue weighted by Crippen LogP contribution is 2.28. The zero-order valence-electron chi connectivity index (χ0n) is 10.2. The van der Waals surface area contributed by atoms with E-state index in [-0.39, 0.29) is 11.9 Å². The number of aliphatic carboxylic acids is 1. The van der Waals surface area contributed by atoms with Crippen molar-refractivity contribution < 1.29 is 14.7 Å². The average Bonchev–Trinajstić information content (AvgIpc) is 2.34. The molecule has 1 fully saturated rings. The molecule has 5 nitrogen and oxygen atoms in total. The average molecular weight is 319 g/mol. The molecule has 0 spiro atoms. The van der Waals surface area contributed by atoms with Crippen LogP contribution in [0.5, 0.6) is 0 Å². The van der Waals surface area contributed by atoms with Crippen LogP contribution in [-0.4, -0.2) is 30.2 Å². The van der Waals surface area contributed by atoms with Gasteiger partial charge in [0.2, 0.25) is 0 Å². The molecule has 0 aromatic rings. The number of carboxylic acid groups (broad SMARTS) is 1. The maximum absolute atomic E-state index is 11.4. The summed E-state index contributed by atoms with van der Waals surface area (Å²) in [5, 5.41) is 14.3. The lowest BCUT2D eigenvalue weighted by Crippen LogP contribution is -2.39. The number of carbonyl (C=O) groups excluding carboxylic acids is 1. The van der Waals surface area contributed by atoms with E-state index in [0.717, 1.165) is 17.3 Å². The number of amides is 2. The number of urea groups is 1. The topological polar surface area (TPSA) is 78.4 Å². The van der Waals surface area contributed by atoms with Crippen LogP contribution in [0.4, 0.5) is 4.79 Å². The fraction of sp³-hybridized carbons (Fsp3) is 0.667. The second kappa shape index (κ2) is 7.41. The Bertz CT molecular complexity index is 325. The molecule has 0 aromatic heterocycles. The van der Waals surface area contributed by atoms with E-state index in [0.29, 0.717) is 31.8 Å². The lowest BCUT2D eigenvalue weighted by atomic mass is 9.82. The normalized spacial score (nSPS) is 23.2. The van der Waals surface area contributed by atoms with Gasteiger partial charge in [-0.25, -0.2) is 4.79 Å². The predicted molar refractivity (Wildman–Crippen MR) is 72.6 cm³/mol. The third-order valence-corrected chi connectivity index (χ3v) is 3.47. The standard InChI is InChI=1S/C12H19BrN2O3/c1-8(13)6-14-12(18)15-7-9-2-4-10(5-3-9)11(16)17/h9-10H,1-7H2,(H,16,17)(H2,14,15,18). The quantitative estimate of drug-likeness (QED) is 0.726. The van der Waals surface area contributed by atoms with Gasteiger partial charge in [0, 0.05) is 11.0 Å². The summed E-state index contributed by atoms with van der Waals surface area (Å²) in [6, 6.07) is -0.212. The Hall–Kier alpha value is -1.04. The van der Waals surface area contributed by atoms with E-state index in [9.17, 15) is 9.59 Å². The molecule has 3 N–H and O–H groups in total. The number of hydrogen-bond acceptors (Lipinski definition) is 2. The minimum Gasteiger partial charge on any atom is -0.481 e. The van der Waals surface area contributed by atoms with E-state index in [2.05, 4.69) is 33.1 Å². The van der Waals surface area contributed by atoms with Gasteiger partial charge >= 0.3 is 12.0 Å². The molecule has 0 aliphatic heterocycles. The van der Waals surface area contributed by atoms with E-state index >= 15 is 0 Å². The number of rotatable bonds is 5. The highest BCUT2D eigenvalue weighted by atomic mass is 79.9. The van der Waals surface area contributed by atoms with Crippen molar-refractivity contribution >= 4 is 27.9 Å².